The molecule has 0 radical (unpaired) electrons. The molecule has 0 aliphatic carbocycles. The van der Waals surface area contributed by atoms with Crippen LogP contribution in [0.1, 0.15) is 30.1 Å². The predicted molar refractivity (Wildman–Crippen MR) is 69.0 cm³/mol. The van der Waals surface area contributed by atoms with Gasteiger partial charge in [0.2, 0.25) is 0 Å². The highest BCUT2D eigenvalue weighted by atomic mass is 35.5. The van der Waals surface area contributed by atoms with Crippen LogP contribution in [-0.4, -0.2) is 24.2 Å². The molecule has 1 saturated heterocycles. The molecular formula is C13H16ClNO2. The lowest BCUT2D eigenvalue weighted by Crippen LogP contribution is -2.20. The second kappa shape index (κ2) is 4.96. The lowest BCUT2D eigenvalue weighted by molar-refractivity contribution is 0.0697. The molecule has 17 heavy (non-hydrogen) atoms. The van der Waals surface area contributed by atoms with Crippen molar-refractivity contribution in [1.82, 2.24) is 0 Å². The number of aromatic carboxylic acids is 1. The Balaban J connectivity index is 2.20. The minimum atomic E-state index is -0.939. The van der Waals surface area contributed by atoms with Crippen LogP contribution in [0.15, 0.2) is 18.2 Å². The van der Waals surface area contributed by atoms with E-state index in [1.807, 2.05) is 6.07 Å². The Morgan fingerprint density at radius 3 is 2.88 bits per heavy atom. The van der Waals surface area contributed by atoms with Gasteiger partial charge in [0.25, 0.3) is 0 Å². The van der Waals surface area contributed by atoms with Crippen molar-refractivity contribution >= 4 is 23.3 Å². The van der Waals surface area contributed by atoms with Gasteiger partial charge < -0.3 is 10.0 Å². The van der Waals surface area contributed by atoms with E-state index in [1.54, 1.807) is 6.07 Å². The topological polar surface area (TPSA) is 40.5 Å². The quantitative estimate of drug-likeness (QED) is 0.899. The lowest BCUT2D eigenvalue weighted by Gasteiger charge is -2.20. The Labute approximate surface area is 106 Å². The minimum absolute atomic E-state index is 0.241. The van der Waals surface area contributed by atoms with E-state index < -0.39 is 5.97 Å². The van der Waals surface area contributed by atoms with E-state index in [0.717, 1.165) is 24.7 Å². The number of nitrogens with zero attached hydrogens (tertiary/aromatic N) is 1. The minimum Gasteiger partial charge on any atom is -0.478 e. The highest BCUT2D eigenvalue weighted by Crippen LogP contribution is 2.31. The summed E-state index contributed by atoms with van der Waals surface area (Å²) in [6.45, 7) is 4.22. The summed E-state index contributed by atoms with van der Waals surface area (Å²) in [5.41, 5.74) is 1.19. The number of carbonyl (C=O) groups is 1. The summed E-state index contributed by atoms with van der Waals surface area (Å²) < 4.78 is 0. The summed E-state index contributed by atoms with van der Waals surface area (Å²) in [6, 6.07) is 4.95. The fourth-order valence-corrected chi connectivity index (χ4v) is 2.58. The van der Waals surface area contributed by atoms with Crippen LogP contribution < -0.4 is 4.90 Å². The number of rotatable bonds is 3. The van der Waals surface area contributed by atoms with E-state index in [4.69, 9.17) is 16.7 Å². The van der Waals surface area contributed by atoms with Crippen molar-refractivity contribution in [3.63, 3.8) is 0 Å². The van der Waals surface area contributed by atoms with Crippen molar-refractivity contribution in [1.29, 1.82) is 0 Å². The molecule has 0 bridgehead atoms. The standard InChI is InChI=1S/C13H16ClNO2/c1-2-9-5-6-15(8-9)12-4-3-10(13(16)17)7-11(12)14/h3-4,7,9H,2,5-6,8H2,1H3,(H,16,17). The van der Waals surface area contributed by atoms with Gasteiger partial charge in [-0.25, -0.2) is 4.79 Å². The molecule has 3 nitrogen and oxygen atoms in total. The van der Waals surface area contributed by atoms with Crippen molar-refractivity contribution in [2.45, 2.75) is 19.8 Å². The first-order valence-electron chi connectivity index (χ1n) is 5.89. The van der Waals surface area contributed by atoms with E-state index in [-0.39, 0.29) is 5.56 Å². The highest BCUT2D eigenvalue weighted by Gasteiger charge is 2.22. The second-order valence-corrected chi connectivity index (χ2v) is 4.89. The molecule has 1 N–H and O–H groups in total. The average molecular weight is 254 g/mol. The SMILES string of the molecule is CCC1CCN(c2ccc(C(=O)O)cc2Cl)C1. The average Bonchev–Trinajstić information content (AvgIpc) is 2.77. The Hall–Kier alpha value is -1.22. The summed E-state index contributed by atoms with van der Waals surface area (Å²) in [5.74, 6) is -0.212. The van der Waals surface area contributed by atoms with Crippen LogP contribution in [0.25, 0.3) is 0 Å². The molecule has 92 valence electrons. The van der Waals surface area contributed by atoms with Crippen LogP contribution in [-0.2, 0) is 0 Å². The van der Waals surface area contributed by atoms with E-state index >= 15 is 0 Å². The fourth-order valence-electron chi connectivity index (χ4n) is 2.28. The molecule has 1 aromatic rings. The number of benzene rings is 1. The molecule has 4 heteroatoms. The molecule has 0 spiro atoms. The predicted octanol–water partition coefficient (Wildman–Crippen LogP) is 3.27. The van der Waals surface area contributed by atoms with Crippen molar-refractivity contribution in [3.05, 3.63) is 28.8 Å². The van der Waals surface area contributed by atoms with Crippen LogP contribution in [0, 0.1) is 5.92 Å². The molecule has 1 heterocycles. The van der Waals surface area contributed by atoms with Gasteiger partial charge in [-0.1, -0.05) is 24.9 Å². The molecular weight excluding hydrogens is 238 g/mol. The Kier molecular flexibility index (Phi) is 3.57. The Morgan fingerprint density at radius 2 is 2.35 bits per heavy atom. The molecule has 1 unspecified atom stereocenters. The van der Waals surface area contributed by atoms with Crippen molar-refractivity contribution in [2.75, 3.05) is 18.0 Å². The van der Waals surface area contributed by atoms with E-state index in [9.17, 15) is 4.79 Å². The highest BCUT2D eigenvalue weighted by molar-refractivity contribution is 6.33. The van der Waals surface area contributed by atoms with Crippen molar-refractivity contribution < 1.29 is 9.90 Å². The molecule has 2 rings (SSSR count). The Morgan fingerprint density at radius 1 is 1.59 bits per heavy atom. The second-order valence-electron chi connectivity index (χ2n) is 4.48. The summed E-state index contributed by atoms with van der Waals surface area (Å²) in [6.07, 6.45) is 2.37. The maximum atomic E-state index is 10.8. The zero-order valence-electron chi connectivity index (χ0n) is 9.82. The van der Waals surface area contributed by atoms with Crippen LogP contribution >= 0.6 is 11.6 Å². The molecule has 1 atom stereocenters. The summed E-state index contributed by atoms with van der Waals surface area (Å²) in [4.78, 5) is 13.1. The third-order valence-electron chi connectivity index (χ3n) is 3.40. The van der Waals surface area contributed by atoms with Gasteiger partial charge in [-0.2, -0.15) is 0 Å². The number of carboxylic acids is 1. The number of halogens is 1. The summed E-state index contributed by atoms with van der Waals surface area (Å²) >= 11 is 6.14. The van der Waals surface area contributed by atoms with E-state index in [1.165, 1.54) is 18.9 Å². The lowest BCUT2D eigenvalue weighted by atomic mass is 10.1. The van der Waals surface area contributed by atoms with Gasteiger partial charge in [0.15, 0.2) is 0 Å². The van der Waals surface area contributed by atoms with Crippen LogP contribution in [0.2, 0.25) is 5.02 Å². The van der Waals surface area contributed by atoms with Gasteiger partial charge in [-0.3, -0.25) is 0 Å². The van der Waals surface area contributed by atoms with Gasteiger partial charge in [-0.05, 0) is 30.5 Å². The third-order valence-corrected chi connectivity index (χ3v) is 3.70. The monoisotopic (exact) mass is 253 g/mol. The summed E-state index contributed by atoms with van der Waals surface area (Å²) in [7, 11) is 0. The number of anilines is 1. The molecule has 0 saturated carbocycles. The first-order valence-corrected chi connectivity index (χ1v) is 6.27. The van der Waals surface area contributed by atoms with E-state index in [2.05, 4.69) is 11.8 Å². The maximum absolute atomic E-state index is 10.8. The molecule has 1 aromatic carbocycles. The van der Waals surface area contributed by atoms with Crippen LogP contribution in [0.3, 0.4) is 0 Å². The Bertz CT molecular complexity index is 433. The van der Waals surface area contributed by atoms with Crippen molar-refractivity contribution in [2.24, 2.45) is 5.92 Å². The third kappa shape index (κ3) is 2.55. The smallest absolute Gasteiger partial charge is 0.335 e. The zero-order valence-corrected chi connectivity index (χ0v) is 10.6. The van der Waals surface area contributed by atoms with Crippen LogP contribution in [0.5, 0.6) is 0 Å². The zero-order chi connectivity index (χ0) is 12.4. The fraction of sp³-hybridized carbons (Fsp3) is 0.462. The van der Waals surface area contributed by atoms with Gasteiger partial charge in [0.05, 0.1) is 16.3 Å². The molecule has 1 fully saturated rings. The first-order chi connectivity index (χ1) is 8.11. The maximum Gasteiger partial charge on any atom is 0.335 e. The molecule has 0 aromatic heterocycles. The van der Waals surface area contributed by atoms with Gasteiger partial charge in [0.1, 0.15) is 0 Å². The van der Waals surface area contributed by atoms with Crippen molar-refractivity contribution in [3.8, 4) is 0 Å². The number of hydrogen-bond acceptors (Lipinski definition) is 2. The van der Waals surface area contributed by atoms with Gasteiger partial charge in [-0.15, -0.1) is 0 Å². The largest absolute Gasteiger partial charge is 0.478 e. The summed E-state index contributed by atoms with van der Waals surface area (Å²) in [5, 5.41) is 9.40. The number of hydrogen-bond donors (Lipinski definition) is 1. The van der Waals surface area contributed by atoms with Gasteiger partial charge >= 0.3 is 5.97 Å². The number of carboxylic acid groups (broad SMARTS) is 1. The molecule has 0 amide bonds. The van der Waals surface area contributed by atoms with E-state index in [0.29, 0.717) is 5.02 Å². The first kappa shape index (κ1) is 12.2. The molecule has 1 aliphatic rings. The van der Waals surface area contributed by atoms with Crippen LogP contribution in [0.4, 0.5) is 5.69 Å². The molecule has 1 aliphatic heterocycles. The van der Waals surface area contributed by atoms with Gasteiger partial charge in [0, 0.05) is 13.1 Å². The normalized spacial score (nSPS) is 19.6.